The molecule has 0 aromatic rings. The summed E-state index contributed by atoms with van der Waals surface area (Å²) in [6, 6.07) is 0. The Bertz CT molecular complexity index is 129. The first-order chi connectivity index (χ1) is 6.81. The minimum absolute atomic E-state index is 0.105. The molecule has 0 aliphatic carbocycles. The summed E-state index contributed by atoms with van der Waals surface area (Å²) in [5.74, 6) is 0.812. The van der Waals surface area contributed by atoms with Gasteiger partial charge < -0.3 is 0 Å². The van der Waals surface area contributed by atoms with E-state index in [-0.39, 0.29) is 6.61 Å². The van der Waals surface area contributed by atoms with E-state index in [1.54, 1.807) is 0 Å². The van der Waals surface area contributed by atoms with Gasteiger partial charge in [0.15, 0.2) is 0 Å². The van der Waals surface area contributed by atoms with Crippen molar-refractivity contribution in [3.63, 3.8) is 0 Å². The number of rotatable bonds is 9. The van der Waals surface area contributed by atoms with Crippen molar-refractivity contribution in [3.8, 4) is 0 Å². The van der Waals surface area contributed by atoms with Gasteiger partial charge in [0.05, 0.1) is 6.61 Å². The minimum atomic E-state index is 0.105. The molecule has 0 saturated carbocycles. The number of hydrogen-bond acceptors (Lipinski definition) is 0. The van der Waals surface area contributed by atoms with Gasteiger partial charge in [0.25, 0.3) is 0 Å². The molecule has 0 amide bonds. The SMILES string of the molecule is C/C=C/CCCCC(C)CCCC[O]. The van der Waals surface area contributed by atoms with E-state index in [1.165, 1.54) is 32.1 Å². The lowest BCUT2D eigenvalue weighted by Crippen LogP contribution is -1.95. The van der Waals surface area contributed by atoms with Crippen molar-refractivity contribution < 1.29 is 5.11 Å². The predicted molar refractivity (Wildman–Crippen MR) is 61.9 cm³/mol. The fraction of sp³-hybridized carbons (Fsp3) is 0.846. The van der Waals surface area contributed by atoms with Gasteiger partial charge in [-0.2, -0.15) is 0 Å². The van der Waals surface area contributed by atoms with Crippen molar-refractivity contribution in [2.45, 2.75) is 58.8 Å². The highest BCUT2D eigenvalue weighted by Gasteiger charge is 2.00. The molecular formula is C13H25O. The molecule has 0 saturated heterocycles. The van der Waals surface area contributed by atoms with E-state index in [0.717, 1.165) is 18.8 Å². The van der Waals surface area contributed by atoms with Gasteiger partial charge in [-0.3, -0.25) is 0 Å². The zero-order valence-corrected chi connectivity index (χ0v) is 9.80. The Hall–Kier alpha value is -0.300. The van der Waals surface area contributed by atoms with Crippen LogP contribution in [0.4, 0.5) is 0 Å². The fourth-order valence-electron chi connectivity index (χ4n) is 1.66. The first-order valence-electron chi connectivity index (χ1n) is 6.00. The fourth-order valence-corrected chi connectivity index (χ4v) is 1.66. The second-order valence-corrected chi connectivity index (χ2v) is 4.16. The van der Waals surface area contributed by atoms with Crippen LogP contribution in [0.1, 0.15) is 58.8 Å². The Morgan fingerprint density at radius 2 is 1.71 bits per heavy atom. The van der Waals surface area contributed by atoms with Crippen molar-refractivity contribution >= 4 is 0 Å². The van der Waals surface area contributed by atoms with Gasteiger partial charge in [-0.1, -0.05) is 44.8 Å². The van der Waals surface area contributed by atoms with E-state index in [4.69, 9.17) is 0 Å². The lowest BCUT2D eigenvalue weighted by atomic mass is 9.97. The summed E-state index contributed by atoms with van der Waals surface area (Å²) in [6.07, 6.45) is 12.8. The number of hydrogen-bond donors (Lipinski definition) is 0. The second kappa shape index (κ2) is 10.8. The van der Waals surface area contributed by atoms with Gasteiger partial charge in [0, 0.05) is 0 Å². The maximum atomic E-state index is 10.2. The smallest absolute Gasteiger partial charge is 0.0822 e. The van der Waals surface area contributed by atoms with Crippen LogP contribution in [-0.2, 0) is 5.11 Å². The lowest BCUT2D eigenvalue weighted by Gasteiger charge is -2.09. The summed E-state index contributed by atoms with van der Waals surface area (Å²) in [4.78, 5) is 0. The van der Waals surface area contributed by atoms with Gasteiger partial charge in [-0.25, -0.2) is 5.11 Å². The monoisotopic (exact) mass is 197 g/mol. The maximum absolute atomic E-state index is 10.2. The summed E-state index contributed by atoms with van der Waals surface area (Å²) in [5, 5.41) is 10.2. The normalized spacial score (nSPS) is 13.6. The first-order valence-corrected chi connectivity index (χ1v) is 6.00. The molecule has 0 rings (SSSR count). The summed E-state index contributed by atoms with van der Waals surface area (Å²) in [6.45, 7) is 4.49. The first kappa shape index (κ1) is 13.7. The van der Waals surface area contributed by atoms with Crippen LogP contribution in [0.15, 0.2) is 12.2 Å². The second-order valence-electron chi connectivity index (χ2n) is 4.16. The quantitative estimate of drug-likeness (QED) is 0.386. The summed E-state index contributed by atoms with van der Waals surface area (Å²) < 4.78 is 0. The van der Waals surface area contributed by atoms with Gasteiger partial charge >= 0.3 is 0 Å². The third-order valence-corrected chi connectivity index (χ3v) is 2.64. The van der Waals surface area contributed by atoms with Crippen molar-refractivity contribution in [3.05, 3.63) is 12.2 Å². The zero-order valence-electron chi connectivity index (χ0n) is 9.80. The third kappa shape index (κ3) is 9.79. The van der Waals surface area contributed by atoms with E-state index in [1.807, 2.05) is 0 Å². The van der Waals surface area contributed by atoms with Gasteiger partial charge in [-0.05, 0) is 32.1 Å². The van der Waals surface area contributed by atoms with E-state index in [2.05, 4.69) is 26.0 Å². The predicted octanol–water partition coefficient (Wildman–Crippen LogP) is 4.36. The van der Waals surface area contributed by atoms with Crippen LogP contribution in [-0.4, -0.2) is 6.61 Å². The van der Waals surface area contributed by atoms with Crippen LogP contribution in [0.2, 0.25) is 0 Å². The Balaban J connectivity index is 3.13. The van der Waals surface area contributed by atoms with Gasteiger partial charge in [0.2, 0.25) is 0 Å². The van der Waals surface area contributed by atoms with E-state index in [9.17, 15) is 5.11 Å². The summed E-state index contributed by atoms with van der Waals surface area (Å²) in [5.41, 5.74) is 0. The summed E-state index contributed by atoms with van der Waals surface area (Å²) in [7, 11) is 0. The van der Waals surface area contributed by atoms with E-state index < -0.39 is 0 Å². The Kier molecular flexibility index (Phi) is 10.5. The van der Waals surface area contributed by atoms with Crippen molar-refractivity contribution in [2.24, 2.45) is 5.92 Å². The van der Waals surface area contributed by atoms with Crippen LogP contribution in [0.25, 0.3) is 0 Å². The molecule has 0 aromatic carbocycles. The van der Waals surface area contributed by atoms with Crippen molar-refractivity contribution in [2.75, 3.05) is 6.61 Å². The molecule has 0 aromatic heterocycles. The molecule has 0 fully saturated rings. The van der Waals surface area contributed by atoms with Crippen LogP contribution in [0.5, 0.6) is 0 Å². The lowest BCUT2D eigenvalue weighted by molar-refractivity contribution is 0.184. The highest BCUT2D eigenvalue weighted by Crippen LogP contribution is 2.15. The average molecular weight is 197 g/mol. The Morgan fingerprint density at radius 3 is 2.29 bits per heavy atom. The standard InChI is InChI=1S/C13H25O/c1-3-4-5-6-7-10-13(2)11-8-9-12-14/h3-4,13H,5-12H2,1-2H3/b4-3+. The Labute approximate surface area is 89.2 Å². The molecule has 0 N–H and O–H groups in total. The molecular weight excluding hydrogens is 172 g/mol. The van der Waals surface area contributed by atoms with E-state index in [0.29, 0.717) is 0 Å². The van der Waals surface area contributed by atoms with Crippen LogP contribution < -0.4 is 0 Å². The molecule has 1 radical (unpaired) electrons. The molecule has 1 unspecified atom stereocenters. The van der Waals surface area contributed by atoms with Gasteiger partial charge in [0.1, 0.15) is 0 Å². The van der Waals surface area contributed by atoms with Crippen molar-refractivity contribution in [1.82, 2.24) is 0 Å². The third-order valence-electron chi connectivity index (χ3n) is 2.64. The topological polar surface area (TPSA) is 19.9 Å². The average Bonchev–Trinajstić information content (AvgIpc) is 2.18. The van der Waals surface area contributed by atoms with Crippen LogP contribution >= 0.6 is 0 Å². The maximum Gasteiger partial charge on any atom is 0.0822 e. The minimum Gasteiger partial charge on any atom is -0.237 e. The molecule has 1 nitrogen and oxygen atoms in total. The van der Waals surface area contributed by atoms with Crippen LogP contribution in [0.3, 0.4) is 0 Å². The molecule has 1 atom stereocenters. The molecule has 83 valence electrons. The van der Waals surface area contributed by atoms with Gasteiger partial charge in [-0.15, -0.1) is 0 Å². The zero-order chi connectivity index (χ0) is 10.6. The molecule has 0 spiro atoms. The number of allylic oxidation sites excluding steroid dienone is 2. The van der Waals surface area contributed by atoms with Crippen LogP contribution in [0, 0.1) is 5.92 Å². The molecule has 0 bridgehead atoms. The molecule has 0 heterocycles. The molecule has 0 aliphatic heterocycles. The summed E-state index contributed by atoms with van der Waals surface area (Å²) >= 11 is 0. The largest absolute Gasteiger partial charge is 0.237 e. The Morgan fingerprint density at radius 1 is 1.07 bits per heavy atom. The molecule has 1 heteroatoms. The van der Waals surface area contributed by atoms with Crippen molar-refractivity contribution in [1.29, 1.82) is 0 Å². The number of unbranched alkanes of at least 4 members (excludes halogenated alkanes) is 3. The molecule has 14 heavy (non-hydrogen) atoms. The highest BCUT2D eigenvalue weighted by atomic mass is 16.2. The molecule has 0 aliphatic rings. The highest BCUT2D eigenvalue weighted by molar-refractivity contribution is 4.76. The van der Waals surface area contributed by atoms with E-state index >= 15 is 0 Å².